The Kier molecular flexibility index (Phi) is 6.63. The van der Waals surface area contributed by atoms with E-state index >= 15 is 0 Å². The molecule has 0 saturated carbocycles. The first kappa shape index (κ1) is 22.9. The van der Waals surface area contributed by atoms with Crippen molar-refractivity contribution in [2.45, 2.75) is 30.1 Å². The molecule has 2 atom stereocenters. The maximum atomic E-state index is 14.0. The van der Waals surface area contributed by atoms with Crippen molar-refractivity contribution in [2.24, 2.45) is 0 Å². The quantitative estimate of drug-likeness (QED) is 0.541. The first-order chi connectivity index (χ1) is 15.2. The minimum Gasteiger partial charge on any atom is -0.377 e. The Labute approximate surface area is 186 Å². The fourth-order valence-electron chi connectivity index (χ4n) is 3.95. The zero-order valence-electron chi connectivity index (χ0n) is 17.3. The molecule has 32 heavy (non-hydrogen) atoms. The summed E-state index contributed by atoms with van der Waals surface area (Å²) in [6.07, 6.45) is -2.08. The second-order valence-electron chi connectivity index (χ2n) is 7.77. The summed E-state index contributed by atoms with van der Waals surface area (Å²) >= 11 is 1.04. The number of alkyl halides is 3. The number of piperazine rings is 1. The molecule has 0 aliphatic carbocycles. The molecule has 2 unspecified atom stereocenters. The maximum Gasteiger partial charge on any atom is 0.410 e. The first-order valence-electron chi connectivity index (χ1n) is 10.2. The van der Waals surface area contributed by atoms with Crippen LogP contribution in [0.4, 0.5) is 29.1 Å². The van der Waals surface area contributed by atoms with Crippen molar-refractivity contribution in [3.05, 3.63) is 46.8 Å². The highest BCUT2D eigenvalue weighted by Gasteiger charge is 2.47. The van der Waals surface area contributed by atoms with E-state index in [1.165, 1.54) is 27.5 Å². The van der Waals surface area contributed by atoms with Gasteiger partial charge >= 0.3 is 6.18 Å². The normalized spacial score (nSPS) is 22.9. The Morgan fingerprint density at radius 3 is 2.69 bits per heavy atom. The number of nitrogens with one attached hydrogen (secondary N) is 1. The molecule has 2 aromatic heterocycles. The Morgan fingerprint density at radius 2 is 1.97 bits per heavy atom. The van der Waals surface area contributed by atoms with Gasteiger partial charge in [-0.05, 0) is 24.9 Å². The lowest BCUT2D eigenvalue weighted by Gasteiger charge is -2.42. The summed E-state index contributed by atoms with van der Waals surface area (Å²) in [5.74, 6) is -0.418. The Bertz CT molecular complexity index is 1000. The number of halogens is 4. The largest absolute Gasteiger partial charge is 0.410 e. The van der Waals surface area contributed by atoms with Crippen molar-refractivity contribution in [2.75, 3.05) is 49.2 Å². The predicted octanol–water partition coefficient (Wildman–Crippen LogP) is 2.89. The van der Waals surface area contributed by atoms with E-state index in [1.807, 2.05) is 11.8 Å². The van der Waals surface area contributed by atoms with Crippen molar-refractivity contribution >= 4 is 23.5 Å². The van der Waals surface area contributed by atoms with Gasteiger partial charge in [0.25, 0.3) is 5.56 Å². The number of aromatic nitrogens is 2. The van der Waals surface area contributed by atoms with Crippen LogP contribution in [0.2, 0.25) is 0 Å². The van der Waals surface area contributed by atoms with Crippen LogP contribution in [0, 0.1) is 5.82 Å². The third-order valence-electron chi connectivity index (χ3n) is 5.46. The van der Waals surface area contributed by atoms with E-state index in [4.69, 9.17) is 4.74 Å². The van der Waals surface area contributed by atoms with E-state index in [2.05, 4.69) is 9.97 Å². The summed E-state index contributed by atoms with van der Waals surface area (Å²) in [7, 11) is 0. The molecule has 2 fully saturated rings. The van der Waals surface area contributed by atoms with Crippen molar-refractivity contribution < 1.29 is 22.3 Å². The molecule has 1 N–H and O–H groups in total. The van der Waals surface area contributed by atoms with Crippen LogP contribution >= 0.6 is 11.9 Å². The van der Waals surface area contributed by atoms with E-state index in [0.717, 1.165) is 18.1 Å². The predicted molar refractivity (Wildman–Crippen MR) is 114 cm³/mol. The molecule has 4 rings (SSSR count). The van der Waals surface area contributed by atoms with Crippen LogP contribution in [0.1, 0.15) is 6.92 Å². The van der Waals surface area contributed by atoms with Crippen molar-refractivity contribution in [1.29, 1.82) is 0 Å². The lowest BCUT2D eigenvalue weighted by Crippen LogP contribution is -2.58. The second kappa shape index (κ2) is 9.28. The van der Waals surface area contributed by atoms with Crippen LogP contribution in [0.25, 0.3) is 0 Å². The van der Waals surface area contributed by atoms with Gasteiger partial charge in [-0.2, -0.15) is 13.2 Å². The molecule has 2 aromatic rings. The molecule has 0 aromatic carbocycles. The minimum absolute atomic E-state index is 0.00457. The van der Waals surface area contributed by atoms with Gasteiger partial charge in [0.2, 0.25) is 0 Å². The van der Waals surface area contributed by atoms with Gasteiger partial charge in [-0.15, -0.1) is 0 Å². The van der Waals surface area contributed by atoms with Gasteiger partial charge in [-0.1, -0.05) is 0 Å². The summed E-state index contributed by atoms with van der Waals surface area (Å²) in [5, 5.41) is 0. The Balaban J connectivity index is 1.58. The van der Waals surface area contributed by atoms with Gasteiger partial charge in [-0.3, -0.25) is 9.78 Å². The molecule has 4 heterocycles. The van der Waals surface area contributed by atoms with E-state index in [0.29, 0.717) is 30.3 Å². The molecule has 0 radical (unpaired) electrons. The fourth-order valence-corrected chi connectivity index (χ4v) is 4.91. The monoisotopic (exact) mass is 473 g/mol. The number of nitrogens with zero attached hydrogens (tertiary/aromatic N) is 4. The van der Waals surface area contributed by atoms with E-state index < -0.39 is 23.6 Å². The zero-order valence-corrected chi connectivity index (χ0v) is 18.1. The third kappa shape index (κ3) is 5.18. The number of rotatable bonds is 4. The average molecular weight is 473 g/mol. The lowest BCUT2D eigenvalue weighted by molar-refractivity contribution is -0.153. The van der Waals surface area contributed by atoms with Gasteiger partial charge < -0.3 is 19.5 Å². The van der Waals surface area contributed by atoms with Crippen LogP contribution in [0.5, 0.6) is 0 Å². The molecule has 174 valence electrons. The van der Waals surface area contributed by atoms with Gasteiger partial charge in [-0.25, -0.2) is 8.70 Å². The van der Waals surface area contributed by atoms with Crippen LogP contribution in [0.15, 0.2) is 40.3 Å². The molecule has 2 saturated heterocycles. The Morgan fingerprint density at radius 1 is 1.16 bits per heavy atom. The molecule has 0 bridgehead atoms. The molecule has 0 amide bonds. The molecule has 0 spiro atoms. The highest BCUT2D eigenvalue weighted by Crippen LogP contribution is 2.35. The number of morpholine rings is 1. The Hall–Kier alpha value is -2.31. The highest BCUT2D eigenvalue weighted by molar-refractivity contribution is 7.97. The van der Waals surface area contributed by atoms with Crippen LogP contribution in [-0.2, 0) is 4.74 Å². The van der Waals surface area contributed by atoms with Crippen molar-refractivity contribution in [1.82, 2.24) is 14.3 Å². The summed E-state index contributed by atoms with van der Waals surface area (Å²) in [6.45, 7) is 3.45. The highest BCUT2D eigenvalue weighted by atomic mass is 32.2. The van der Waals surface area contributed by atoms with Crippen molar-refractivity contribution in [3.63, 3.8) is 0 Å². The fraction of sp³-hybridized carbons (Fsp3) is 0.500. The number of ether oxygens (including phenoxy) is 1. The number of aromatic amines is 1. The number of hydrogen-bond acceptors (Lipinski definition) is 7. The minimum atomic E-state index is -4.53. The lowest BCUT2D eigenvalue weighted by atomic mass is 10.1. The molecule has 7 nitrogen and oxygen atoms in total. The molecular weight excluding hydrogens is 450 g/mol. The summed E-state index contributed by atoms with van der Waals surface area (Å²) < 4.78 is 62.4. The van der Waals surface area contributed by atoms with Crippen LogP contribution < -0.4 is 15.4 Å². The average Bonchev–Trinajstić information content (AvgIpc) is 2.73. The SMILES string of the molecule is CC1COCCN1c1cc(N2CCN(Sc3cncc(F)c3)CC2C(F)(F)F)[nH]c(=O)c1. The van der Waals surface area contributed by atoms with E-state index in [9.17, 15) is 22.4 Å². The molecular formula is C20H23F4N5O2S. The van der Waals surface area contributed by atoms with Crippen LogP contribution in [-0.4, -0.2) is 71.9 Å². The summed E-state index contributed by atoms with van der Waals surface area (Å²) in [5.41, 5.74) is 0.114. The van der Waals surface area contributed by atoms with Crippen LogP contribution in [0.3, 0.4) is 0 Å². The number of anilines is 2. The van der Waals surface area contributed by atoms with Crippen molar-refractivity contribution in [3.8, 4) is 0 Å². The smallest absolute Gasteiger partial charge is 0.377 e. The van der Waals surface area contributed by atoms with Gasteiger partial charge in [0.1, 0.15) is 17.7 Å². The molecule has 2 aliphatic rings. The third-order valence-corrected chi connectivity index (χ3v) is 6.48. The van der Waals surface area contributed by atoms with Gasteiger partial charge in [0, 0.05) is 61.1 Å². The summed E-state index contributed by atoms with van der Waals surface area (Å²) in [6, 6.07) is 2.40. The molecule has 2 aliphatic heterocycles. The topological polar surface area (TPSA) is 64.7 Å². The number of pyridine rings is 2. The second-order valence-corrected chi connectivity index (χ2v) is 8.94. The molecule has 12 heteroatoms. The number of H-pyrrole nitrogens is 1. The van der Waals surface area contributed by atoms with Gasteiger partial charge in [0.05, 0.1) is 19.4 Å². The van der Waals surface area contributed by atoms with E-state index in [1.54, 1.807) is 6.07 Å². The summed E-state index contributed by atoms with van der Waals surface area (Å²) in [4.78, 5) is 22.2. The van der Waals surface area contributed by atoms with Gasteiger partial charge in [0.15, 0.2) is 0 Å². The zero-order chi connectivity index (χ0) is 22.9. The maximum absolute atomic E-state index is 14.0. The number of hydrogen-bond donors (Lipinski definition) is 1. The standard InChI is InChI=1S/C20H23F4N5O2S/c1-13-12-31-5-4-28(13)15-7-18(26-19(30)8-15)29-3-2-27(11-17(29)20(22,23)24)32-16-6-14(21)9-25-10-16/h6-10,13,17H,2-5,11-12H2,1H3,(H,26,30). The van der Waals surface area contributed by atoms with E-state index in [-0.39, 0.29) is 31.5 Å². The first-order valence-corrected chi connectivity index (χ1v) is 10.9.